The van der Waals surface area contributed by atoms with Crippen molar-refractivity contribution < 1.29 is 19.4 Å². The summed E-state index contributed by atoms with van der Waals surface area (Å²) in [5.41, 5.74) is 0.657. The predicted octanol–water partition coefficient (Wildman–Crippen LogP) is -1.02. The van der Waals surface area contributed by atoms with Crippen molar-refractivity contribution >= 4 is 29.1 Å². The highest BCUT2D eigenvalue weighted by molar-refractivity contribution is 6.33. The van der Waals surface area contributed by atoms with Crippen LogP contribution in [0.1, 0.15) is 19.8 Å². The molecule has 2 aliphatic rings. The van der Waals surface area contributed by atoms with Crippen molar-refractivity contribution in [1.29, 1.82) is 0 Å². The molecule has 6 nitrogen and oxygen atoms in total. The minimum atomic E-state index is -0.0208. The molecule has 0 spiro atoms. The zero-order chi connectivity index (χ0) is 18.5. The number of hydrogen-bond acceptors (Lipinski definition) is 2. The number of carbonyl (C=O) groups is 2. The Hall–Kier alpha value is -1.63. The van der Waals surface area contributed by atoms with Crippen LogP contribution in [0.15, 0.2) is 24.3 Å². The number of amides is 2. The Kier molecular flexibility index (Phi) is 6.51. The molecule has 1 atom stereocenters. The molecular weight excluding hydrogens is 352 g/mol. The average molecular weight is 381 g/mol. The fourth-order valence-corrected chi connectivity index (χ4v) is 3.72. The third-order valence-electron chi connectivity index (χ3n) is 5.35. The molecule has 142 valence electrons. The van der Waals surface area contributed by atoms with Crippen molar-refractivity contribution in [3.63, 3.8) is 0 Å². The van der Waals surface area contributed by atoms with Gasteiger partial charge in [-0.3, -0.25) is 9.59 Å². The van der Waals surface area contributed by atoms with Gasteiger partial charge in [0, 0.05) is 6.04 Å². The standard InChI is InChI=1S/C19H27ClN4O2/c1-14(15-6-7-15)21-18(25)12-23-8-10-24(11-9-23)13-19(26)22-17-5-3-2-4-16(17)20/h2-5,14-15H,6-13H2,1H3,(H,21,25)(H,22,26)/p+2/t14-/m0/s1. The summed E-state index contributed by atoms with van der Waals surface area (Å²) in [6, 6.07) is 7.57. The van der Waals surface area contributed by atoms with E-state index in [2.05, 4.69) is 17.6 Å². The maximum absolute atomic E-state index is 12.2. The molecule has 1 saturated heterocycles. The van der Waals surface area contributed by atoms with Crippen LogP contribution in [0, 0.1) is 5.92 Å². The van der Waals surface area contributed by atoms with Gasteiger partial charge in [0.2, 0.25) is 0 Å². The zero-order valence-corrected chi connectivity index (χ0v) is 16.1. The number of quaternary nitrogens is 2. The Labute approximate surface area is 159 Å². The number of carbonyl (C=O) groups excluding carboxylic acids is 2. The summed E-state index contributed by atoms with van der Waals surface area (Å²) in [7, 11) is 0. The van der Waals surface area contributed by atoms with Gasteiger partial charge in [0.05, 0.1) is 10.7 Å². The molecule has 3 rings (SSSR count). The van der Waals surface area contributed by atoms with E-state index >= 15 is 0 Å². The van der Waals surface area contributed by atoms with Crippen LogP contribution in [0.5, 0.6) is 0 Å². The lowest BCUT2D eigenvalue weighted by atomic mass is 10.2. The molecule has 1 aromatic rings. The van der Waals surface area contributed by atoms with E-state index in [4.69, 9.17) is 11.6 Å². The fraction of sp³-hybridized carbons (Fsp3) is 0.579. The molecule has 1 aromatic carbocycles. The van der Waals surface area contributed by atoms with Crippen LogP contribution in [0.3, 0.4) is 0 Å². The number of piperazine rings is 1. The van der Waals surface area contributed by atoms with Crippen molar-refractivity contribution in [2.45, 2.75) is 25.8 Å². The van der Waals surface area contributed by atoms with Gasteiger partial charge in [-0.25, -0.2) is 0 Å². The largest absolute Gasteiger partial charge is 0.348 e. The molecule has 1 heterocycles. The first-order valence-corrected chi connectivity index (χ1v) is 9.90. The molecule has 4 N–H and O–H groups in total. The fourth-order valence-electron chi connectivity index (χ4n) is 3.54. The average Bonchev–Trinajstić information content (AvgIpc) is 3.44. The minimum Gasteiger partial charge on any atom is -0.348 e. The molecule has 7 heteroatoms. The van der Waals surface area contributed by atoms with Crippen molar-refractivity contribution in [1.82, 2.24) is 5.32 Å². The summed E-state index contributed by atoms with van der Waals surface area (Å²) < 4.78 is 0. The van der Waals surface area contributed by atoms with Crippen molar-refractivity contribution in [3.8, 4) is 0 Å². The van der Waals surface area contributed by atoms with Crippen molar-refractivity contribution in [2.75, 3.05) is 44.6 Å². The Morgan fingerprint density at radius 2 is 1.65 bits per heavy atom. The molecule has 0 radical (unpaired) electrons. The van der Waals surface area contributed by atoms with E-state index in [1.807, 2.05) is 12.1 Å². The SMILES string of the molecule is C[C@H](NC(=O)C[NH+]1CC[NH+](CC(=O)Nc2ccccc2Cl)CC1)C1CC1. The lowest BCUT2D eigenvalue weighted by Crippen LogP contribution is -3.28. The summed E-state index contributed by atoms with van der Waals surface area (Å²) >= 11 is 6.08. The van der Waals surface area contributed by atoms with Gasteiger partial charge in [-0.05, 0) is 37.8 Å². The Balaban J connectivity index is 1.36. The third-order valence-corrected chi connectivity index (χ3v) is 5.68. The molecule has 0 aromatic heterocycles. The number of para-hydroxylation sites is 1. The van der Waals surface area contributed by atoms with Gasteiger partial charge in [0.25, 0.3) is 11.8 Å². The number of nitrogens with one attached hydrogen (secondary N) is 4. The van der Waals surface area contributed by atoms with Crippen LogP contribution < -0.4 is 20.4 Å². The Bertz CT molecular complexity index is 642. The highest BCUT2D eigenvalue weighted by Crippen LogP contribution is 2.32. The first-order chi connectivity index (χ1) is 12.5. The molecular formula is C19H29ClN4O2+2. The monoisotopic (exact) mass is 380 g/mol. The molecule has 0 bridgehead atoms. The number of benzene rings is 1. The Morgan fingerprint density at radius 3 is 2.23 bits per heavy atom. The van der Waals surface area contributed by atoms with Gasteiger partial charge in [-0.15, -0.1) is 0 Å². The maximum Gasteiger partial charge on any atom is 0.279 e. The highest BCUT2D eigenvalue weighted by atomic mass is 35.5. The maximum atomic E-state index is 12.2. The lowest BCUT2D eigenvalue weighted by molar-refractivity contribution is -1.00. The minimum absolute atomic E-state index is 0.0208. The van der Waals surface area contributed by atoms with Crippen LogP contribution in [-0.2, 0) is 9.59 Å². The van der Waals surface area contributed by atoms with Gasteiger partial charge >= 0.3 is 0 Å². The molecule has 1 aliphatic carbocycles. The summed E-state index contributed by atoms with van der Waals surface area (Å²) in [6.45, 7) is 6.71. The second-order valence-corrected chi connectivity index (χ2v) is 7.98. The topological polar surface area (TPSA) is 67.1 Å². The molecule has 1 saturated carbocycles. The first kappa shape index (κ1) is 19.1. The van der Waals surface area contributed by atoms with Crippen LogP contribution >= 0.6 is 11.6 Å². The van der Waals surface area contributed by atoms with Gasteiger partial charge in [0.1, 0.15) is 26.2 Å². The third kappa shape index (κ3) is 5.69. The second kappa shape index (κ2) is 8.84. The smallest absolute Gasteiger partial charge is 0.279 e. The number of halogens is 1. The highest BCUT2D eigenvalue weighted by Gasteiger charge is 2.31. The van der Waals surface area contributed by atoms with Gasteiger partial charge in [-0.1, -0.05) is 23.7 Å². The van der Waals surface area contributed by atoms with Crippen molar-refractivity contribution in [3.05, 3.63) is 29.3 Å². The van der Waals surface area contributed by atoms with Crippen molar-refractivity contribution in [2.24, 2.45) is 5.92 Å². The van der Waals surface area contributed by atoms with E-state index in [1.54, 1.807) is 12.1 Å². The number of rotatable bonds is 7. The van der Waals surface area contributed by atoms with Crippen LogP contribution in [0.2, 0.25) is 5.02 Å². The summed E-state index contributed by atoms with van der Waals surface area (Å²) in [5.74, 6) is 0.818. The second-order valence-electron chi connectivity index (χ2n) is 7.58. The molecule has 0 unspecified atom stereocenters. The molecule has 1 aliphatic heterocycles. The zero-order valence-electron chi connectivity index (χ0n) is 15.3. The van der Waals surface area contributed by atoms with Crippen LogP contribution in [-0.4, -0.2) is 57.1 Å². The van der Waals surface area contributed by atoms with Gasteiger partial charge < -0.3 is 20.4 Å². The van der Waals surface area contributed by atoms with E-state index in [0.717, 1.165) is 26.2 Å². The summed E-state index contributed by atoms with van der Waals surface area (Å²) in [5, 5.41) is 6.55. The molecule has 2 amide bonds. The van der Waals surface area contributed by atoms with Gasteiger partial charge in [0.15, 0.2) is 13.1 Å². The normalized spacial score (nSPS) is 23.9. The first-order valence-electron chi connectivity index (χ1n) is 9.52. The van der Waals surface area contributed by atoms with Gasteiger partial charge in [-0.2, -0.15) is 0 Å². The van der Waals surface area contributed by atoms with E-state index in [1.165, 1.54) is 22.6 Å². The Morgan fingerprint density at radius 1 is 1.08 bits per heavy atom. The molecule has 2 fully saturated rings. The quantitative estimate of drug-likeness (QED) is 0.489. The van der Waals surface area contributed by atoms with Crippen LogP contribution in [0.25, 0.3) is 0 Å². The number of hydrogen-bond donors (Lipinski definition) is 4. The summed E-state index contributed by atoms with van der Waals surface area (Å²) in [6.07, 6.45) is 2.49. The van der Waals surface area contributed by atoms with E-state index < -0.39 is 0 Å². The van der Waals surface area contributed by atoms with Crippen LogP contribution in [0.4, 0.5) is 5.69 Å². The lowest BCUT2D eigenvalue weighted by Gasteiger charge is -2.29. The molecule has 26 heavy (non-hydrogen) atoms. The van der Waals surface area contributed by atoms with E-state index in [9.17, 15) is 9.59 Å². The summed E-state index contributed by atoms with van der Waals surface area (Å²) in [4.78, 5) is 26.9. The number of anilines is 1. The van der Waals surface area contributed by atoms with E-state index in [0.29, 0.717) is 35.8 Å². The predicted molar refractivity (Wildman–Crippen MR) is 102 cm³/mol. The van der Waals surface area contributed by atoms with E-state index in [-0.39, 0.29) is 11.8 Å².